The zero-order chi connectivity index (χ0) is 33.2. The first-order valence-electron chi connectivity index (χ1n) is 15.6. The predicted molar refractivity (Wildman–Crippen MR) is 172 cm³/mol. The van der Waals surface area contributed by atoms with Gasteiger partial charge < -0.3 is 38.5 Å². The van der Waals surface area contributed by atoms with Crippen molar-refractivity contribution in [2.75, 3.05) is 66.1 Å². The molecule has 2 aromatic carbocycles. The number of alkyl carbamates (subject to hydrolysis) is 1. The number of nitrogens with one attached hydrogen (secondary N) is 1. The number of benzene rings is 2. The van der Waals surface area contributed by atoms with Crippen LogP contribution in [0.4, 0.5) is 4.79 Å². The molecule has 3 rings (SSSR count). The SMILES string of the molecule is C[C@H](NC(=O)OCC1c2ccccc2-c2ccccc21)C(=O)OC/C=C/COCCOCCOCCOCCC(=O)OC(C)(C)C. The van der Waals surface area contributed by atoms with E-state index in [4.69, 9.17) is 33.2 Å². The van der Waals surface area contributed by atoms with Crippen molar-refractivity contribution in [3.8, 4) is 11.1 Å². The van der Waals surface area contributed by atoms with E-state index < -0.39 is 23.7 Å². The molecule has 0 unspecified atom stereocenters. The summed E-state index contributed by atoms with van der Waals surface area (Å²) in [6.45, 7) is 10.3. The number of carbonyl (C=O) groups is 3. The molecule has 0 fully saturated rings. The normalized spacial score (nSPS) is 13.2. The Bertz CT molecular complexity index is 1230. The lowest BCUT2D eigenvalue weighted by atomic mass is 9.98. The van der Waals surface area contributed by atoms with Crippen LogP contribution in [-0.2, 0) is 42.7 Å². The van der Waals surface area contributed by atoms with Gasteiger partial charge in [-0.15, -0.1) is 0 Å². The van der Waals surface area contributed by atoms with Crippen molar-refractivity contribution >= 4 is 18.0 Å². The lowest BCUT2D eigenvalue weighted by molar-refractivity contribution is -0.156. The van der Waals surface area contributed by atoms with Crippen LogP contribution in [0.25, 0.3) is 11.1 Å². The van der Waals surface area contributed by atoms with Crippen molar-refractivity contribution in [3.05, 3.63) is 71.8 Å². The van der Waals surface area contributed by atoms with Crippen LogP contribution in [0.15, 0.2) is 60.7 Å². The first-order chi connectivity index (χ1) is 22.2. The average Bonchev–Trinajstić information content (AvgIpc) is 3.34. The van der Waals surface area contributed by atoms with Gasteiger partial charge in [0.1, 0.15) is 24.9 Å². The Kier molecular flexibility index (Phi) is 15.7. The molecule has 0 bridgehead atoms. The van der Waals surface area contributed by atoms with Gasteiger partial charge in [0, 0.05) is 5.92 Å². The molecule has 2 aromatic rings. The van der Waals surface area contributed by atoms with Crippen LogP contribution in [0.2, 0.25) is 0 Å². The fraction of sp³-hybridized carbons (Fsp3) is 0.514. The van der Waals surface area contributed by atoms with Crippen molar-refractivity contribution in [2.45, 2.75) is 51.7 Å². The van der Waals surface area contributed by atoms with Gasteiger partial charge in [0.05, 0.1) is 59.3 Å². The summed E-state index contributed by atoms with van der Waals surface area (Å²) in [6, 6.07) is 15.3. The first-order valence-corrected chi connectivity index (χ1v) is 15.6. The van der Waals surface area contributed by atoms with E-state index in [1.165, 1.54) is 0 Å². The average molecular weight is 642 g/mol. The summed E-state index contributed by atoms with van der Waals surface area (Å²) < 4.78 is 37.6. The number of rotatable bonds is 20. The molecule has 0 radical (unpaired) electrons. The predicted octanol–water partition coefficient (Wildman–Crippen LogP) is 4.81. The number of hydrogen-bond acceptors (Lipinski definition) is 10. The second-order valence-electron chi connectivity index (χ2n) is 11.5. The molecular formula is C35H47NO10. The fourth-order valence-corrected chi connectivity index (χ4v) is 4.63. The number of carbonyl (C=O) groups excluding carboxylic acids is 3. The number of hydrogen-bond donors (Lipinski definition) is 1. The van der Waals surface area contributed by atoms with E-state index >= 15 is 0 Å². The molecule has 0 aliphatic heterocycles. The van der Waals surface area contributed by atoms with E-state index in [2.05, 4.69) is 17.4 Å². The Labute approximate surface area is 271 Å². The highest BCUT2D eigenvalue weighted by Crippen LogP contribution is 2.44. The van der Waals surface area contributed by atoms with Crippen molar-refractivity contribution in [1.82, 2.24) is 5.32 Å². The van der Waals surface area contributed by atoms with Crippen molar-refractivity contribution < 1.29 is 47.5 Å². The summed E-state index contributed by atoms with van der Waals surface area (Å²) in [4.78, 5) is 36.3. The molecule has 1 aliphatic carbocycles. The van der Waals surface area contributed by atoms with E-state index in [0.29, 0.717) is 52.9 Å². The zero-order valence-corrected chi connectivity index (χ0v) is 27.3. The van der Waals surface area contributed by atoms with E-state index in [-0.39, 0.29) is 31.5 Å². The third-order valence-electron chi connectivity index (χ3n) is 6.72. The molecule has 1 aliphatic rings. The Balaban J connectivity index is 1.14. The van der Waals surface area contributed by atoms with E-state index in [0.717, 1.165) is 22.3 Å². The van der Waals surface area contributed by atoms with E-state index in [9.17, 15) is 14.4 Å². The second-order valence-corrected chi connectivity index (χ2v) is 11.5. The zero-order valence-electron chi connectivity index (χ0n) is 27.3. The van der Waals surface area contributed by atoms with Gasteiger partial charge in [-0.3, -0.25) is 4.79 Å². The molecule has 252 valence electrons. The quantitative estimate of drug-likeness (QED) is 0.0931. The smallest absolute Gasteiger partial charge is 0.407 e. The highest BCUT2D eigenvalue weighted by atomic mass is 16.6. The maximum absolute atomic E-state index is 12.4. The van der Waals surface area contributed by atoms with Gasteiger partial charge in [-0.05, 0) is 56.0 Å². The summed E-state index contributed by atoms with van der Waals surface area (Å²) in [7, 11) is 0. The topological polar surface area (TPSA) is 128 Å². The minimum atomic E-state index is -0.863. The number of fused-ring (bicyclic) bond motifs is 3. The Morgan fingerprint density at radius 2 is 1.26 bits per heavy atom. The van der Waals surface area contributed by atoms with E-state index in [1.54, 1.807) is 19.1 Å². The van der Waals surface area contributed by atoms with Gasteiger partial charge in [0.25, 0.3) is 0 Å². The van der Waals surface area contributed by atoms with E-state index in [1.807, 2.05) is 57.2 Å². The highest BCUT2D eigenvalue weighted by Gasteiger charge is 2.29. The molecule has 11 nitrogen and oxygen atoms in total. The van der Waals surface area contributed by atoms with Crippen LogP contribution in [-0.4, -0.2) is 95.7 Å². The molecule has 0 saturated carbocycles. The maximum atomic E-state index is 12.4. The molecule has 1 N–H and O–H groups in total. The second kappa shape index (κ2) is 19.7. The molecule has 1 amide bonds. The minimum absolute atomic E-state index is 0.0530. The maximum Gasteiger partial charge on any atom is 0.407 e. The molecule has 0 heterocycles. The van der Waals surface area contributed by atoms with Crippen LogP contribution >= 0.6 is 0 Å². The van der Waals surface area contributed by atoms with Crippen LogP contribution in [0, 0.1) is 0 Å². The third-order valence-corrected chi connectivity index (χ3v) is 6.72. The molecule has 0 aromatic heterocycles. The standard InChI is InChI=1S/C35H47NO10/c1-26(36-34(39)45-25-31-29-13-7-5-11-27(29)28-12-6-8-14-30(28)31)33(38)44-17-10-9-16-40-19-21-42-23-24-43-22-20-41-18-15-32(37)46-35(2,3)4/h5-14,26,31H,15-25H2,1-4H3,(H,36,39)/b10-9+/t26-/m0/s1. The monoisotopic (exact) mass is 641 g/mol. The third kappa shape index (κ3) is 13.3. The largest absolute Gasteiger partial charge is 0.460 e. The summed E-state index contributed by atoms with van der Waals surface area (Å²) in [6.07, 6.45) is 2.94. The van der Waals surface area contributed by atoms with Crippen LogP contribution in [0.1, 0.15) is 51.2 Å². The van der Waals surface area contributed by atoms with Crippen LogP contribution in [0.5, 0.6) is 0 Å². The molecule has 0 spiro atoms. The van der Waals surface area contributed by atoms with Crippen LogP contribution < -0.4 is 5.32 Å². The van der Waals surface area contributed by atoms with Crippen molar-refractivity contribution in [3.63, 3.8) is 0 Å². The fourth-order valence-electron chi connectivity index (χ4n) is 4.63. The van der Waals surface area contributed by atoms with Gasteiger partial charge in [-0.2, -0.15) is 0 Å². The molecule has 11 heteroatoms. The summed E-state index contributed by atoms with van der Waals surface area (Å²) >= 11 is 0. The summed E-state index contributed by atoms with van der Waals surface area (Å²) in [5.41, 5.74) is 4.03. The van der Waals surface area contributed by atoms with Gasteiger partial charge >= 0.3 is 18.0 Å². The van der Waals surface area contributed by atoms with Crippen LogP contribution in [0.3, 0.4) is 0 Å². The summed E-state index contributed by atoms with van der Waals surface area (Å²) in [5.74, 6) is -0.910. The lowest BCUT2D eigenvalue weighted by Gasteiger charge is -2.19. The summed E-state index contributed by atoms with van der Waals surface area (Å²) in [5, 5.41) is 2.54. The number of ether oxygens (including phenoxy) is 7. The first kappa shape index (κ1) is 36.7. The molecule has 0 saturated heterocycles. The molecular weight excluding hydrogens is 594 g/mol. The Hall–Kier alpha value is -3.77. The van der Waals surface area contributed by atoms with Gasteiger partial charge in [-0.1, -0.05) is 54.6 Å². The number of esters is 2. The minimum Gasteiger partial charge on any atom is -0.460 e. The van der Waals surface area contributed by atoms with Crippen molar-refractivity contribution in [1.29, 1.82) is 0 Å². The number of amides is 1. The van der Waals surface area contributed by atoms with Gasteiger partial charge in [-0.25, -0.2) is 9.59 Å². The Morgan fingerprint density at radius 1 is 0.739 bits per heavy atom. The molecule has 1 atom stereocenters. The Morgan fingerprint density at radius 3 is 1.85 bits per heavy atom. The lowest BCUT2D eigenvalue weighted by Crippen LogP contribution is -2.40. The molecule has 46 heavy (non-hydrogen) atoms. The van der Waals surface area contributed by atoms with Gasteiger partial charge in [0.15, 0.2) is 0 Å². The van der Waals surface area contributed by atoms with Gasteiger partial charge in [0.2, 0.25) is 0 Å². The highest BCUT2D eigenvalue weighted by molar-refractivity contribution is 5.81. The van der Waals surface area contributed by atoms with Crippen molar-refractivity contribution in [2.24, 2.45) is 0 Å².